The van der Waals surface area contributed by atoms with Crippen LogP contribution in [0.25, 0.3) is 0 Å². The molecule has 9 heteroatoms. The van der Waals surface area contributed by atoms with Gasteiger partial charge >= 0.3 is 0 Å². The summed E-state index contributed by atoms with van der Waals surface area (Å²) in [6, 6.07) is 17.8. The molecule has 0 radical (unpaired) electrons. The number of benzene rings is 2. The van der Waals surface area contributed by atoms with Gasteiger partial charge in [0.1, 0.15) is 18.1 Å². The Morgan fingerprint density at radius 2 is 1.81 bits per heavy atom. The molecule has 0 spiro atoms. The fourth-order valence-corrected chi connectivity index (χ4v) is 3.47. The van der Waals surface area contributed by atoms with Gasteiger partial charge in [-0.25, -0.2) is 0 Å². The van der Waals surface area contributed by atoms with E-state index in [1.165, 1.54) is 11.3 Å². The standard InChI is InChI=1S/C23H20N4O4S/c1-15-5-2-3-7-19(15)25-22(29)23-27-26-20(32-23)14-31-17-10-8-16(9-11-17)21(28)24-13-18-6-4-12-30-18/h2-12H,13-14H2,1H3,(H,24,28)(H,25,29). The molecule has 0 atom stereocenters. The molecule has 2 amide bonds. The summed E-state index contributed by atoms with van der Waals surface area (Å²) in [7, 11) is 0. The number of nitrogens with zero attached hydrogens (tertiary/aromatic N) is 2. The molecule has 0 aliphatic rings. The van der Waals surface area contributed by atoms with E-state index in [1.807, 2.05) is 31.2 Å². The molecule has 2 N–H and O–H groups in total. The fraction of sp³-hybridized carbons (Fsp3) is 0.130. The first-order chi connectivity index (χ1) is 15.6. The van der Waals surface area contributed by atoms with Gasteiger partial charge in [0.25, 0.3) is 11.8 Å². The summed E-state index contributed by atoms with van der Waals surface area (Å²) in [6.07, 6.45) is 1.56. The summed E-state index contributed by atoms with van der Waals surface area (Å²) >= 11 is 1.17. The van der Waals surface area contributed by atoms with E-state index in [1.54, 1.807) is 42.7 Å². The minimum Gasteiger partial charge on any atom is -0.486 e. The molecule has 0 bridgehead atoms. The van der Waals surface area contributed by atoms with Gasteiger partial charge in [-0.15, -0.1) is 10.2 Å². The number of anilines is 1. The van der Waals surface area contributed by atoms with E-state index in [-0.39, 0.29) is 23.4 Å². The number of para-hydroxylation sites is 1. The van der Waals surface area contributed by atoms with E-state index in [9.17, 15) is 9.59 Å². The molecule has 2 aromatic heterocycles. The van der Waals surface area contributed by atoms with Crippen molar-refractivity contribution in [2.45, 2.75) is 20.1 Å². The molecule has 2 aromatic carbocycles. The third kappa shape index (κ3) is 5.38. The number of hydrogen-bond donors (Lipinski definition) is 2. The van der Waals surface area contributed by atoms with Crippen molar-refractivity contribution in [2.75, 3.05) is 5.32 Å². The second-order valence-corrected chi connectivity index (χ2v) is 7.91. The highest BCUT2D eigenvalue weighted by Crippen LogP contribution is 2.19. The molecule has 32 heavy (non-hydrogen) atoms. The molecule has 0 saturated heterocycles. The van der Waals surface area contributed by atoms with Crippen molar-refractivity contribution in [3.05, 3.63) is 93.8 Å². The second-order valence-electron chi connectivity index (χ2n) is 6.85. The zero-order valence-corrected chi connectivity index (χ0v) is 18.0. The van der Waals surface area contributed by atoms with E-state index < -0.39 is 0 Å². The predicted molar refractivity (Wildman–Crippen MR) is 120 cm³/mol. The summed E-state index contributed by atoms with van der Waals surface area (Å²) in [6.45, 7) is 2.41. The molecule has 8 nitrogen and oxygen atoms in total. The lowest BCUT2D eigenvalue weighted by Gasteiger charge is -2.06. The molecular weight excluding hydrogens is 428 g/mol. The van der Waals surface area contributed by atoms with Crippen molar-refractivity contribution in [1.29, 1.82) is 0 Å². The molecule has 0 aliphatic heterocycles. The first-order valence-corrected chi connectivity index (χ1v) is 10.6. The molecule has 0 unspecified atom stereocenters. The fourth-order valence-electron chi connectivity index (χ4n) is 2.82. The number of ether oxygens (including phenoxy) is 1. The largest absolute Gasteiger partial charge is 0.486 e. The SMILES string of the molecule is Cc1ccccc1NC(=O)c1nnc(COc2ccc(C(=O)NCc3ccco3)cc2)s1. The Hall–Kier alpha value is -3.98. The molecule has 0 saturated carbocycles. The van der Waals surface area contributed by atoms with Crippen molar-refractivity contribution in [3.63, 3.8) is 0 Å². The number of carbonyl (C=O) groups is 2. The van der Waals surface area contributed by atoms with Gasteiger partial charge < -0.3 is 19.8 Å². The Labute approximate surface area is 188 Å². The summed E-state index contributed by atoms with van der Waals surface area (Å²) in [5.74, 6) is 0.741. The number of rotatable bonds is 8. The van der Waals surface area contributed by atoms with Crippen molar-refractivity contribution in [3.8, 4) is 5.75 Å². The lowest BCUT2D eigenvalue weighted by molar-refractivity contribution is 0.0947. The normalized spacial score (nSPS) is 10.5. The van der Waals surface area contributed by atoms with E-state index in [0.717, 1.165) is 11.3 Å². The van der Waals surface area contributed by atoms with Crippen molar-refractivity contribution < 1.29 is 18.7 Å². The molecule has 0 aliphatic carbocycles. The van der Waals surface area contributed by atoms with Crippen molar-refractivity contribution >= 4 is 28.8 Å². The second kappa shape index (κ2) is 9.88. The number of nitrogens with one attached hydrogen (secondary N) is 2. The van der Waals surface area contributed by atoms with Crippen LogP contribution in [0.1, 0.15) is 36.5 Å². The molecular formula is C23H20N4O4S. The third-order valence-electron chi connectivity index (χ3n) is 4.54. The smallest absolute Gasteiger partial charge is 0.286 e. The van der Waals surface area contributed by atoms with Crippen LogP contribution in [0.3, 0.4) is 0 Å². The summed E-state index contributed by atoms with van der Waals surface area (Å²) < 4.78 is 10.9. The number of aromatic nitrogens is 2. The Bertz CT molecular complexity index is 1200. The molecule has 2 heterocycles. The summed E-state index contributed by atoms with van der Waals surface area (Å²) in [4.78, 5) is 24.6. The maximum absolute atomic E-state index is 12.4. The van der Waals surface area contributed by atoms with Crippen LogP contribution in [0.5, 0.6) is 5.75 Å². The number of carbonyl (C=O) groups excluding carboxylic acids is 2. The third-order valence-corrected chi connectivity index (χ3v) is 5.43. The molecule has 4 aromatic rings. The van der Waals surface area contributed by atoms with Gasteiger partial charge in [0.2, 0.25) is 5.01 Å². The van der Waals surface area contributed by atoms with Gasteiger partial charge in [0.15, 0.2) is 5.01 Å². The maximum Gasteiger partial charge on any atom is 0.286 e. The Kier molecular flexibility index (Phi) is 6.57. The van der Waals surface area contributed by atoms with Crippen LogP contribution in [0.2, 0.25) is 0 Å². The van der Waals surface area contributed by atoms with Crippen LogP contribution in [-0.4, -0.2) is 22.0 Å². The molecule has 0 fully saturated rings. The highest BCUT2D eigenvalue weighted by atomic mass is 32.1. The number of hydrogen-bond acceptors (Lipinski definition) is 7. The average Bonchev–Trinajstić information content (AvgIpc) is 3.50. The van der Waals surface area contributed by atoms with Crippen molar-refractivity contribution in [2.24, 2.45) is 0 Å². The molecule has 162 valence electrons. The first kappa shape index (κ1) is 21.3. The van der Waals surface area contributed by atoms with Gasteiger partial charge in [-0.2, -0.15) is 0 Å². The Morgan fingerprint density at radius 3 is 2.56 bits per heavy atom. The van der Waals surface area contributed by atoms with E-state index in [4.69, 9.17) is 9.15 Å². The van der Waals surface area contributed by atoms with Gasteiger partial charge in [0.05, 0.1) is 12.8 Å². The Morgan fingerprint density at radius 1 is 1.00 bits per heavy atom. The predicted octanol–water partition coefficient (Wildman–Crippen LogP) is 4.20. The summed E-state index contributed by atoms with van der Waals surface area (Å²) in [5, 5.41) is 14.4. The van der Waals surface area contributed by atoms with Gasteiger partial charge in [-0.05, 0) is 55.0 Å². The highest BCUT2D eigenvalue weighted by molar-refractivity contribution is 7.13. The molecule has 4 rings (SSSR count). The summed E-state index contributed by atoms with van der Waals surface area (Å²) in [5.41, 5.74) is 2.21. The quantitative estimate of drug-likeness (QED) is 0.418. The zero-order valence-electron chi connectivity index (χ0n) is 17.2. The highest BCUT2D eigenvalue weighted by Gasteiger charge is 2.14. The van der Waals surface area contributed by atoms with Crippen LogP contribution in [0.15, 0.2) is 71.3 Å². The van der Waals surface area contributed by atoms with E-state index in [0.29, 0.717) is 28.6 Å². The minimum atomic E-state index is -0.312. The number of aryl methyl sites for hydroxylation is 1. The maximum atomic E-state index is 12.4. The lowest BCUT2D eigenvalue weighted by atomic mass is 10.2. The van der Waals surface area contributed by atoms with Gasteiger partial charge in [-0.3, -0.25) is 9.59 Å². The van der Waals surface area contributed by atoms with E-state index >= 15 is 0 Å². The minimum absolute atomic E-state index is 0.166. The Balaban J connectivity index is 1.28. The lowest BCUT2D eigenvalue weighted by Crippen LogP contribution is -2.22. The van der Waals surface area contributed by atoms with Gasteiger partial charge in [-0.1, -0.05) is 29.5 Å². The van der Waals surface area contributed by atoms with Crippen LogP contribution in [-0.2, 0) is 13.2 Å². The first-order valence-electron chi connectivity index (χ1n) is 9.81. The zero-order chi connectivity index (χ0) is 22.3. The van der Waals surface area contributed by atoms with Gasteiger partial charge in [0, 0.05) is 11.3 Å². The number of amides is 2. The average molecular weight is 449 g/mol. The topological polar surface area (TPSA) is 106 Å². The van der Waals surface area contributed by atoms with E-state index in [2.05, 4.69) is 20.8 Å². The van der Waals surface area contributed by atoms with Crippen LogP contribution in [0.4, 0.5) is 5.69 Å². The van der Waals surface area contributed by atoms with Crippen LogP contribution >= 0.6 is 11.3 Å². The van der Waals surface area contributed by atoms with Crippen LogP contribution in [0, 0.1) is 6.92 Å². The number of furan rings is 1. The monoisotopic (exact) mass is 448 g/mol. The van der Waals surface area contributed by atoms with Crippen molar-refractivity contribution in [1.82, 2.24) is 15.5 Å². The van der Waals surface area contributed by atoms with Crippen LogP contribution < -0.4 is 15.4 Å².